The fourth-order valence-corrected chi connectivity index (χ4v) is 1.55. The van der Waals surface area contributed by atoms with Gasteiger partial charge >= 0.3 is 12.1 Å². The van der Waals surface area contributed by atoms with E-state index in [4.69, 9.17) is 9.90 Å². The lowest BCUT2D eigenvalue weighted by molar-refractivity contribution is -0.192. The van der Waals surface area contributed by atoms with Crippen molar-refractivity contribution in [3.63, 3.8) is 0 Å². The first-order chi connectivity index (χ1) is 8.32. The Morgan fingerprint density at radius 2 is 1.83 bits per heavy atom. The van der Waals surface area contributed by atoms with E-state index in [1.54, 1.807) is 0 Å². The summed E-state index contributed by atoms with van der Waals surface area (Å²) >= 11 is 0. The van der Waals surface area contributed by atoms with Gasteiger partial charge in [-0.25, -0.2) is 4.79 Å². The van der Waals surface area contributed by atoms with Gasteiger partial charge in [-0.1, -0.05) is 24.3 Å². The van der Waals surface area contributed by atoms with Gasteiger partial charge in [0.1, 0.15) is 0 Å². The molecule has 2 rings (SSSR count). The third-order valence-electron chi connectivity index (χ3n) is 2.65. The summed E-state index contributed by atoms with van der Waals surface area (Å²) in [4.78, 5) is 8.90. The summed E-state index contributed by atoms with van der Waals surface area (Å²) in [5.41, 5.74) is 2.95. The molecule has 3 nitrogen and oxygen atoms in total. The normalized spacial score (nSPS) is 15.3. The monoisotopic (exact) mass is 261 g/mol. The van der Waals surface area contributed by atoms with Gasteiger partial charge in [-0.3, -0.25) is 0 Å². The predicted octanol–water partition coefficient (Wildman–Crippen LogP) is 2.32. The van der Waals surface area contributed by atoms with Crippen molar-refractivity contribution >= 4 is 5.97 Å². The highest BCUT2D eigenvalue weighted by atomic mass is 19.4. The molecule has 2 N–H and O–H groups in total. The maximum atomic E-state index is 10.6. The van der Waals surface area contributed by atoms with Crippen LogP contribution in [0.3, 0.4) is 0 Å². The van der Waals surface area contributed by atoms with Crippen LogP contribution in [0.1, 0.15) is 17.0 Å². The van der Waals surface area contributed by atoms with Crippen LogP contribution in [0.5, 0.6) is 0 Å². The molecule has 0 amide bonds. The number of alkyl halides is 3. The number of aliphatic carboxylic acids is 1. The number of hydrogen-bond donors (Lipinski definition) is 2. The van der Waals surface area contributed by atoms with Crippen molar-refractivity contribution in [3.05, 3.63) is 35.4 Å². The first kappa shape index (κ1) is 14.5. The minimum atomic E-state index is -5.08. The summed E-state index contributed by atoms with van der Waals surface area (Å²) in [7, 11) is 0. The number of carboxylic acid groups (broad SMARTS) is 1. The number of carboxylic acids is 1. The Balaban J connectivity index is 0.000000203. The standard InChI is InChI=1S/C10H13N.C2HF3O2/c1-8-4-2-3-5-10(8)9-6-11-7-9;3-2(4,5)1(6)7/h2-5,9,11H,6-7H2,1H3;(H,6,7). The van der Waals surface area contributed by atoms with Gasteiger partial charge in [0.25, 0.3) is 0 Å². The van der Waals surface area contributed by atoms with Crippen molar-refractivity contribution in [2.75, 3.05) is 13.1 Å². The van der Waals surface area contributed by atoms with Gasteiger partial charge < -0.3 is 10.4 Å². The molecule has 1 aliphatic rings. The van der Waals surface area contributed by atoms with E-state index in [-0.39, 0.29) is 0 Å². The third kappa shape index (κ3) is 4.03. The Morgan fingerprint density at radius 1 is 1.33 bits per heavy atom. The van der Waals surface area contributed by atoms with E-state index in [1.165, 1.54) is 11.1 Å². The summed E-state index contributed by atoms with van der Waals surface area (Å²) in [6, 6.07) is 8.65. The second-order valence-corrected chi connectivity index (χ2v) is 4.01. The lowest BCUT2D eigenvalue weighted by Gasteiger charge is -2.28. The van der Waals surface area contributed by atoms with Crippen LogP contribution in [-0.2, 0) is 4.79 Å². The highest BCUT2D eigenvalue weighted by Gasteiger charge is 2.38. The van der Waals surface area contributed by atoms with Crippen LogP contribution in [0.2, 0.25) is 0 Å². The van der Waals surface area contributed by atoms with Crippen LogP contribution in [-0.4, -0.2) is 30.3 Å². The molecule has 0 atom stereocenters. The van der Waals surface area contributed by atoms with E-state index in [1.807, 2.05) is 0 Å². The Kier molecular flexibility index (Phi) is 4.72. The van der Waals surface area contributed by atoms with Gasteiger partial charge in [-0.2, -0.15) is 13.2 Å². The van der Waals surface area contributed by atoms with E-state index in [2.05, 4.69) is 36.5 Å². The van der Waals surface area contributed by atoms with Crippen molar-refractivity contribution in [2.24, 2.45) is 0 Å². The van der Waals surface area contributed by atoms with Gasteiger partial charge in [-0.15, -0.1) is 0 Å². The van der Waals surface area contributed by atoms with Crippen LogP contribution in [0.15, 0.2) is 24.3 Å². The zero-order valence-electron chi connectivity index (χ0n) is 9.79. The minimum absolute atomic E-state index is 0.774. The minimum Gasteiger partial charge on any atom is -0.475 e. The molecule has 0 aromatic heterocycles. The molecule has 100 valence electrons. The van der Waals surface area contributed by atoms with Crippen molar-refractivity contribution in [2.45, 2.75) is 19.0 Å². The molecule has 6 heteroatoms. The fourth-order valence-electron chi connectivity index (χ4n) is 1.55. The van der Waals surface area contributed by atoms with E-state index in [0.717, 1.165) is 19.0 Å². The van der Waals surface area contributed by atoms with Gasteiger partial charge in [0.2, 0.25) is 0 Å². The van der Waals surface area contributed by atoms with Crippen LogP contribution in [0, 0.1) is 6.92 Å². The van der Waals surface area contributed by atoms with E-state index in [0.29, 0.717) is 0 Å². The third-order valence-corrected chi connectivity index (χ3v) is 2.65. The first-order valence-electron chi connectivity index (χ1n) is 5.38. The molecule has 0 bridgehead atoms. The van der Waals surface area contributed by atoms with Gasteiger partial charge in [0.05, 0.1) is 0 Å². The zero-order chi connectivity index (χ0) is 13.8. The van der Waals surface area contributed by atoms with Crippen molar-refractivity contribution in [1.29, 1.82) is 0 Å². The number of carbonyl (C=O) groups is 1. The molecule has 1 saturated heterocycles. The van der Waals surface area contributed by atoms with Crippen molar-refractivity contribution in [3.8, 4) is 0 Å². The zero-order valence-corrected chi connectivity index (χ0v) is 9.79. The SMILES string of the molecule is Cc1ccccc1C1CNC1.O=C(O)C(F)(F)F. The molecule has 1 fully saturated rings. The summed E-state index contributed by atoms with van der Waals surface area (Å²) in [6.45, 7) is 4.50. The second kappa shape index (κ2) is 5.86. The number of benzene rings is 1. The fraction of sp³-hybridized carbons (Fsp3) is 0.417. The van der Waals surface area contributed by atoms with Crippen LogP contribution in [0.25, 0.3) is 0 Å². The Bertz CT molecular complexity index is 414. The molecule has 0 unspecified atom stereocenters. The number of halogens is 3. The summed E-state index contributed by atoms with van der Waals surface area (Å²) in [6.07, 6.45) is -5.08. The molecular formula is C12H14F3NO2. The number of rotatable bonds is 1. The van der Waals surface area contributed by atoms with Gasteiger partial charge in [-0.05, 0) is 18.1 Å². The topological polar surface area (TPSA) is 49.3 Å². The summed E-state index contributed by atoms with van der Waals surface area (Å²) in [5, 5.41) is 10.4. The molecule has 0 spiro atoms. The van der Waals surface area contributed by atoms with E-state index < -0.39 is 12.1 Å². The van der Waals surface area contributed by atoms with E-state index in [9.17, 15) is 13.2 Å². The molecule has 0 saturated carbocycles. The van der Waals surface area contributed by atoms with Gasteiger partial charge in [0.15, 0.2) is 0 Å². The van der Waals surface area contributed by atoms with E-state index >= 15 is 0 Å². The molecule has 0 aliphatic carbocycles. The average Bonchev–Trinajstić information content (AvgIpc) is 2.18. The average molecular weight is 261 g/mol. The Hall–Kier alpha value is -1.56. The largest absolute Gasteiger partial charge is 0.490 e. The van der Waals surface area contributed by atoms with Crippen LogP contribution < -0.4 is 5.32 Å². The Morgan fingerprint density at radius 3 is 2.17 bits per heavy atom. The lowest BCUT2D eigenvalue weighted by atomic mass is 9.90. The maximum absolute atomic E-state index is 10.6. The molecule has 1 aromatic rings. The quantitative estimate of drug-likeness (QED) is 0.815. The van der Waals surface area contributed by atoms with Crippen LogP contribution >= 0.6 is 0 Å². The number of nitrogens with one attached hydrogen (secondary N) is 1. The number of aryl methyl sites for hydroxylation is 1. The highest BCUT2D eigenvalue weighted by molar-refractivity contribution is 5.73. The second-order valence-electron chi connectivity index (χ2n) is 4.01. The van der Waals surface area contributed by atoms with Gasteiger partial charge in [0, 0.05) is 19.0 Å². The molecular weight excluding hydrogens is 247 g/mol. The molecule has 0 radical (unpaired) electrons. The lowest BCUT2D eigenvalue weighted by Crippen LogP contribution is -2.40. The summed E-state index contributed by atoms with van der Waals surface area (Å²) in [5.74, 6) is -1.98. The summed E-state index contributed by atoms with van der Waals surface area (Å²) < 4.78 is 31.7. The Labute approximate surface area is 103 Å². The predicted molar refractivity (Wildman–Crippen MR) is 60.5 cm³/mol. The molecule has 18 heavy (non-hydrogen) atoms. The molecule has 1 aromatic carbocycles. The van der Waals surface area contributed by atoms with Crippen LogP contribution in [0.4, 0.5) is 13.2 Å². The smallest absolute Gasteiger partial charge is 0.475 e. The first-order valence-corrected chi connectivity index (χ1v) is 5.38. The molecule has 1 aliphatic heterocycles. The maximum Gasteiger partial charge on any atom is 0.490 e. The molecule has 1 heterocycles. The van der Waals surface area contributed by atoms with Crippen molar-refractivity contribution in [1.82, 2.24) is 5.32 Å². The number of hydrogen-bond acceptors (Lipinski definition) is 2. The highest BCUT2D eigenvalue weighted by Crippen LogP contribution is 2.22. The van der Waals surface area contributed by atoms with Crippen molar-refractivity contribution < 1.29 is 23.1 Å².